The minimum absolute atomic E-state index is 0.0994. The normalized spacial score (nSPS) is 19.3. The molecule has 0 spiro atoms. The third kappa shape index (κ3) is 4.23. The number of aliphatic hydroxyl groups excluding tert-OH is 1. The maximum atomic E-state index is 13.8. The lowest BCUT2D eigenvalue weighted by Gasteiger charge is -2.34. The molecule has 180 valence electrons. The Balaban J connectivity index is 1.77. The van der Waals surface area contributed by atoms with Crippen molar-refractivity contribution in [2.45, 2.75) is 45.4 Å². The molecule has 2 N–H and O–H groups in total. The molecule has 2 unspecified atom stereocenters. The summed E-state index contributed by atoms with van der Waals surface area (Å²) in [5, 5.41) is 23.6. The highest BCUT2D eigenvalue weighted by atomic mass is 16.5. The van der Waals surface area contributed by atoms with E-state index < -0.39 is 23.6 Å². The van der Waals surface area contributed by atoms with E-state index in [-0.39, 0.29) is 24.8 Å². The fraction of sp³-hybridized carbons (Fsp3) is 0.440. The zero-order chi connectivity index (χ0) is 24.6. The summed E-state index contributed by atoms with van der Waals surface area (Å²) in [6, 6.07) is 10.4. The van der Waals surface area contributed by atoms with Crippen LogP contribution in [0.1, 0.15) is 33.2 Å². The lowest BCUT2D eigenvalue weighted by Crippen LogP contribution is -2.49. The quantitative estimate of drug-likeness (QED) is 0.599. The largest absolute Gasteiger partial charge is 0.496 e. The zero-order valence-corrected chi connectivity index (χ0v) is 20.1. The Labute approximate surface area is 198 Å². The predicted octanol–water partition coefficient (Wildman–Crippen LogP) is 2.40. The second kappa shape index (κ2) is 9.06. The van der Waals surface area contributed by atoms with Gasteiger partial charge in [0.25, 0.3) is 0 Å². The Morgan fingerprint density at radius 2 is 1.94 bits per heavy atom. The van der Waals surface area contributed by atoms with E-state index in [2.05, 4.69) is 15.6 Å². The number of nitrogens with zero attached hydrogens (tertiary/aromatic N) is 4. The first kappa shape index (κ1) is 23.7. The number of methoxy groups -OCH3 is 1. The minimum Gasteiger partial charge on any atom is -0.496 e. The summed E-state index contributed by atoms with van der Waals surface area (Å²) in [5.74, 6) is 0.0862. The lowest BCUT2D eigenvalue weighted by atomic mass is 9.85. The van der Waals surface area contributed by atoms with Crippen molar-refractivity contribution in [2.75, 3.05) is 20.7 Å². The molecule has 0 radical (unpaired) electrons. The Kier molecular flexibility index (Phi) is 6.31. The maximum Gasteiger partial charge on any atom is 0.248 e. The molecule has 34 heavy (non-hydrogen) atoms. The smallest absolute Gasteiger partial charge is 0.248 e. The second-order valence-electron chi connectivity index (χ2n) is 9.73. The van der Waals surface area contributed by atoms with Gasteiger partial charge in [-0.15, -0.1) is 5.10 Å². The lowest BCUT2D eigenvalue weighted by molar-refractivity contribution is -0.144. The van der Waals surface area contributed by atoms with Gasteiger partial charge >= 0.3 is 0 Å². The number of nitrogens with one attached hydrogen (secondary N) is 1. The third-order valence-corrected chi connectivity index (χ3v) is 6.31. The van der Waals surface area contributed by atoms with E-state index in [1.165, 1.54) is 11.9 Å². The van der Waals surface area contributed by atoms with Crippen LogP contribution in [0.4, 0.5) is 0 Å². The van der Waals surface area contributed by atoms with Gasteiger partial charge in [-0.05, 0) is 22.3 Å². The number of hydrogen-bond donors (Lipinski definition) is 2. The van der Waals surface area contributed by atoms with Crippen LogP contribution in [-0.4, -0.2) is 69.7 Å². The number of amides is 2. The SMILES string of the molecule is CNC(=O)[C@H]1CC(O)CN1C(=O)C(n1cc(-c2c(OC)ccc3ccccc23)nn1)C(C)(C)C. The number of β-amino-alcohol motifs (C(OH)–C–C–N with tert-alkyl or cyclic N) is 1. The summed E-state index contributed by atoms with van der Waals surface area (Å²) in [6.07, 6.45) is 1.20. The monoisotopic (exact) mass is 465 g/mol. The molecular weight excluding hydrogens is 434 g/mol. The molecule has 9 nitrogen and oxygen atoms in total. The molecule has 1 aliphatic heterocycles. The highest BCUT2D eigenvalue weighted by Gasteiger charge is 2.45. The van der Waals surface area contributed by atoms with Gasteiger partial charge in [0, 0.05) is 20.0 Å². The number of ether oxygens (including phenoxy) is 1. The highest BCUT2D eigenvalue weighted by Crippen LogP contribution is 2.38. The van der Waals surface area contributed by atoms with E-state index in [1.807, 2.05) is 57.2 Å². The molecule has 2 heterocycles. The first-order valence-electron chi connectivity index (χ1n) is 11.3. The van der Waals surface area contributed by atoms with Crippen molar-refractivity contribution >= 4 is 22.6 Å². The van der Waals surface area contributed by atoms with Gasteiger partial charge in [-0.2, -0.15) is 0 Å². The fourth-order valence-corrected chi connectivity index (χ4v) is 4.71. The van der Waals surface area contributed by atoms with Crippen molar-refractivity contribution in [1.82, 2.24) is 25.2 Å². The van der Waals surface area contributed by atoms with Gasteiger partial charge in [-0.3, -0.25) is 9.59 Å². The van der Waals surface area contributed by atoms with Gasteiger partial charge in [0.15, 0.2) is 0 Å². The number of rotatable bonds is 5. The third-order valence-electron chi connectivity index (χ3n) is 6.31. The van der Waals surface area contributed by atoms with Crippen molar-refractivity contribution < 1.29 is 19.4 Å². The van der Waals surface area contributed by atoms with Crippen molar-refractivity contribution in [3.05, 3.63) is 42.6 Å². The predicted molar refractivity (Wildman–Crippen MR) is 128 cm³/mol. The van der Waals surface area contributed by atoms with Gasteiger partial charge < -0.3 is 20.1 Å². The number of benzene rings is 2. The van der Waals surface area contributed by atoms with Crippen molar-refractivity contribution in [1.29, 1.82) is 0 Å². The number of carbonyl (C=O) groups excluding carboxylic acids is 2. The molecule has 0 aliphatic carbocycles. The number of aliphatic hydroxyl groups is 1. The summed E-state index contributed by atoms with van der Waals surface area (Å²) in [7, 11) is 3.13. The summed E-state index contributed by atoms with van der Waals surface area (Å²) in [4.78, 5) is 27.6. The van der Waals surface area contributed by atoms with Crippen LogP contribution in [0.15, 0.2) is 42.6 Å². The molecule has 1 saturated heterocycles. The number of aromatic nitrogens is 3. The molecule has 9 heteroatoms. The molecule has 1 fully saturated rings. The molecule has 0 saturated carbocycles. The number of hydrogen-bond acceptors (Lipinski definition) is 6. The van der Waals surface area contributed by atoms with E-state index in [0.29, 0.717) is 11.4 Å². The number of likely N-dealkylation sites (N-methyl/N-ethyl adjacent to an activating group) is 1. The number of likely N-dealkylation sites (tertiary alicyclic amines) is 1. The van der Waals surface area contributed by atoms with E-state index in [0.717, 1.165) is 16.3 Å². The van der Waals surface area contributed by atoms with Crippen molar-refractivity contribution in [2.24, 2.45) is 5.41 Å². The van der Waals surface area contributed by atoms with E-state index in [1.54, 1.807) is 18.0 Å². The van der Waals surface area contributed by atoms with Crippen LogP contribution >= 0.6 is 0 Å². The number of carbonyl (C=O) groups is 2. The zero-order valence-electron chi connectivity index (χ0n) is 20.1. The van der Waals surface area contributed by atoms with E-state index >= 15 is 0 Å². The Bertz CT molecular complexity index is 1220. The molecule has 0 bridgehead atoms. The van der Waals surface area contributed by atoms with Crippen LogP contribution in [-0.2, 0) is 9.59 Å². The maximum absolute atomic E-state index is 13.8. The summed E-state index contributed by atoms with van der Waals surface area (Å²) in [6.45, 7) is 5.92. The van der Waals surface area contributed by atoms with Crippen LogP contribution in [0.2, 0.25) is 0 Å². The standard InChI is InChI=1S/C25H31N5O4/c1-25(2,3)22(24(33)29-13-16(31)12-19(29)23(32)26-4)30-14-18(27-28-30)21-17-9-7-6-8-15(17)10-11-20(21)34-5/h6-11,14,16,19,22,31H,12-13H2,1-5H3,(H,26,32)/t16?,19-,22?/m1/s1. The average Bonchev–Trinajstić information content (AvgIpc) is 3.43. The van der Waals surface area contributed by atoms with Crippen molar-refractivity contribution in [3.8, 4) is 17.0 Å². The molecule has 3 atom stereocenters. The summed E-state index contributed by atoms with van der Waals surface area (Å²) < 4.78 is 7.17. The van der Waals surface area contributed by atoms with Gasteiger partial charge in [0.05, 0.1) is 25.0 Å². The summed E-state index contributed by atoms with van der Waals surface area (Å²) >= 11 is 0. The van der Waals surface area contributed by atoms with Crippen LogP contribution < -0.4 is 10.1 Å². The van der Waals surface area contributed by atoms with Crippen molar-refractivity contribution in [3.63, 3.8) is 0 Å². The van der Waals surface area contributed by atoms with Gasteiger partial charge in [-0.25, -0.2) is 4.68 Å². The molecule has 4 rings (SSSR count). The van der Waals surface area contributed by atoms with Crippen LogP contribution in [0.5, 0.6) is 5.75 Å². The molecule has 2 aromatic carbocycles. The molecule has 3 aromatic rings. The van der Waals surface area contributed by atoms with Gasteiger partial charge in [0.1, 0.15) is 23.5 Å². The molecule has 1 aliphatic rings. The van der Waals surface area contributed by atoms with Gasteiger partial charge in [-0.1, -0.05) is 56.3 Å². The molecule has 1 aromatic heterocycles. The molecule has 2 amide bonds. The second-order valence-corrected chi connectivity index (χ2v) is 9.73. The Hall–Kier alpha value is -3.46. The fourth-order valence-electron chi connectivity index (χ4n) is 4.71. The average molecular weight is 466 g/mol. The summed E-state index contributed by atoms with van der Waals surface area (Å²) in [5.41, 5.74) is 0.845. The number of fused-ring (bicyclic) bond motifs is 1. The van der Waals surface area contributed by atoms with Crippen LogP contribution in [0.3, 0.4) is 0 Å². The van der Waals surface area contributed by atoms with Crippen LogP contribution in [0, 0.1) is 5.41 Å². The van der Waals surface area contributed by atoms with E-state index in [9.17, 15) is 14.7 Å². The van der Waals surface area contributed by atoms with E-state index in [4.69, 9.17) is 4.74 Å². The Morgan fingerprint density at radius 3 is 2.62 bits per heavy atom. The Morgan fingerprint density at radius 1 is 1.21 bits per heavy atom. The van der Waals surface area contributed by atoms with Crippen LogP contribution in [0.25, 0.3) is 22.0 Å². The first-order valence-corrected chi connectivity index (χ1v) is 11.3. The first-order chi connectivity index (χ1) is 16.2. The van der Waals surface area contributed by atoms with Gasteiger partial charge in [0.2, 0.25) is 11.8 Å². The minimum atomic E-state index is -0.752. The highest BCUT2D eigenvalue weighted by molar-refractivity contribution is 5.99. The topological polar surface area (TPSA) is 110 Å². The molecular formula is C25H31N5O4.